The van der Waals surface area contributed by atoms with Crippen molar-refractivity contribution in [2.24, 2.45) is 9.98 Å². The van der Waals surface area contributed by atoms with E-state index in [-0.39, 0.29) is 20.4 Å². The van der Waals surface area contributed by atoms with Gasteiger partial charge in [0, 0.05) is 20.4 Å². The summed E-state index contributed by atoms with van der Waals surface area (Å²) in [5.41, 5.74) is 7.36. The van der Waals surface area contributed by atoms with Crippen LogP contribution in [-0.2, 0) is 33.3 Å². The van der Waals surface area contributed by atoms with Gasteiger partial charge >= 0.3 is 0 Å². The van der Waals surface area contributed by atoms with Crippen molar-refractivity contribution in [3.05, 3.63) is 84.0 Å². The maximum Gasteiger partial charge on any atom is 0.0665 e. The molecule has 3 heteroatoms. The van der Waals surface area contributed by atoms with Crippen molar-refractivity contribution in [2.45, 2.75) is 137 Å². The molecule has 0 aliphatic heterocycles. The summed E-state index contributed by atoms with van der Waals surface area (Å²) in [5.74, 6) is 0. The molecule has 0 aliphatic carbocycles. The summed E-state index contributed by atoms with van der Waals surface area (Å²) in [4.78, 5) is 10.8. The van der Waals surface area contributed by atoms with Gasteiger partial charge in [0.1, 0.15) is 0 Å². The van der Waals surface area contributed by atoms with E-state index in [1.807, 2.05) is 0 Å². The maximum absolute atomic E-state index is 5.40. The molecule has 2 aromatic carbocycles. The van der Waals surface area contributed by atoms with Crippen LogP contribution in [0.15, 0.2) is 82.8 Å². The molecule has 0 amide bonds. The van der Waals surface area contributed by atoms with Gasteiger partial charge in [-0.25, -0.2) is 0 Å². The minimum atomic E-state index is 0. The fourth-order valence-corrected chi connectivity index (χ4v) is 4.99. The Kier molecular flexibility index (Phi) is 23.0. The molecule has 2 rings (SSSR count). The second-order valence-corrected chi connectivity index (χ2v) is 11.2. The number of nitrogens with zero attached hydrogens (tertiary/aromatic N) is 2. The van der Waals surface area contributed by atoms with Gasteiger partial charge in [0.2, 0.25) is 0 Å². The van der Waals surface area contributed by atoms with E-state index < -0.39 is 0 Å². The first-order valence-corrected chi connectivity index (χ1v) is 16.8. The van der Waals surface area contributed by atoms with Gasteiger partial charge in [-0.1, -0.05) is 121 Å². The van der Waals surface area contributed by atoms with Crippen LogP contribution < -0.4 is 0 Å². The van der Waals surface area contributed by atoms with Gasteiger partial charge in [-0.2, -0.15) is 0 Å². The number of para-hydroxylation sites is 2. The Morgan fingerprint density at radius 1 is 0.500 bits per heavy atom. The first kappa shape index (κ1) is 37.9. The summed E-state index contributed by atoms with van der Waals surface area (Å²) in [6, 6.07) is 17.6. The molecule has 0 aliphatic rings. The molecule has 0 fully saturated rings. The van der Waals surface area contributed by atoms with Crippen molar-refractivity contribution >= 4 is 22.8 Å². The van der Waals surface area contributed by atoms with Gasteiger partial charge < -0.3 is 0 Å². The van der Waals surface area contributed by atoms with Crippen LogP contribution in [-0.4, -0.2) is 11.4 Å². The van der Waals surface area contributed by atoms with E-state index in [0.29, 0.717) is 0 Å². The fourth-order valence-electron chi connectivity index (χ4n) is 4.99. The summed E-state index contributed by atoms with van der Waals surface area (Å²) >= 11 is 0. The zero-order valence-electron chi connectivity index (χ0n) is 27.2. The minimum absolute atomic E-state index is 0. The van der Waals surface area contributed by atoms with Gasteiger partial charge in [-0.15, -0.1) is 0 Å². The molecule has 2 nitrogen and oxygen atoms in total. The number of aliphatic imine (C=N–C) groups is 2. The van der Waals surface area contributed by atoms with Crippen LogP contribution in [0.3, 0.4) is 0 Å². The molecule has 42 heavy (non-hydrogen) atoms. The van der Waals surface area contributed by atoms with Gasteiger partial charge in [0.25, 0.3) is 0 Å². The minimum Gasteiger partial charge on any atom is -0.251 e. The Morgan fingerprint density at radius 2 is 0.929 bits per heavy atom. The Bertz CT molecular complexity index is 1080. The molecule has 2 aromatic rings. The third kappa shape index (κ3) is 16.0. The SMILES string of the molecule is CCC/C=C/CCCc1ccccc1/N=C(CCCC)/C(CCCCC)=N/c1ccccc1CCC/C=C/CCC.[Pd]. The number of aryl methyl sites for hydroxylation is 2. The van der Waals surface area contributed by atoms with Crippen LogP contribution in [0.1, 0.15) is 135 Å². The molecular formula is C39H58N2Pd. The summed E-state index contributed by atoms with van der Waals surface area (Å²) in [6.07, 6.45) is 28.8. The summed E-state index contributed by atoms with van der Waals surface area (Å²) in [6.45, 7) is 9.03. The van der Waals surface area contributed by atoms with E-state index in [2.05, 4.69) is 101 Å². The fraction of sp³-hybridized carbons (Fsp3) is 0.538. The van der Waals surface area contributed by atoms with Crippen molar-refractivity contribution in [3.63, 3.8) is 0 Å². The summed E-state index contributed by atoms with van der Waals surface area (Å²) in [5, 5.41) is 0. The van der Waals surface area contributed by atoms with E-state index in [0.717, 1.165) is 82.0 Å². The largest absolute Gasteiger partial charge is 0.251 e. The quantitative estimate of drug-likeness (QED) is 0.0519. The Balaban J connectivity index is 0.00000882. The summed E-state index contributed by atoms with van der Waals surface area (Å²) < 4.78 is 0. The number of unbranched alkanes of at least 4 members (excludes halogenated alkanes) is 7. The Hall–Kier alpha value is -2.08. The van der Waals surface area contributed by atoms with E-state index >= 15 is 0 Å². The monoisotopic (exact) mass is 660 g/mol. The number of hydrogen-bond donors (Lipinski definition) is 0. The van der Waals surface area contributed by atoms with E-state index in [9.17, 15) is 0 Å². The number of allylic oxidation sites excluding steroid dienone is 4. The van der Waals surface area contributed by atoms with Gasteiger partial charge in [0.15, 0.2) is 0 Å². The molecule has 0 spiro atoms. The molecule has 0 radical (unpaired) electrons. The number of hydrogen-bond acceptors (Lipinski definition) is 2. The van der Waals surface area contributed by atoms with E-state index in [1.54, 1.807) is 0 Å². The second kappa shape index (κ2) is 25.4. The van der Waals surface area contributed by atoms with Crippen LogP contribution in [0.25, 0.3) is 0 Å². The second-order valence-electron chi connectivity index (χ2n) is 11.2. The average molecular weight is 661 g/mol. The molecule has 0 saturated carbocycles. The first-order valence-electron chi connectivity index (χ1n) is 16.8. The Morgan fingerprint density at radius 3 is 1.38 bits per heavy atom. The van der Waals surface area contributed by atoms with Crippen LogP contribution in [0.5, 0.6) is 0 Å². The third-order valence-electron chi connectivity index (χ3n) is 7.49. The maximum atomic E-state index is 5.40. The zero-order chi connectivity index (χ0) is 29.4. The molecule has 0 bridgehead atoms. The topological polar surface area (TPSA) is 24.7 Å². The van der Waals surface area contributed by atoms with Gasteiger partial charge in [-0.05, 0) is 100 Å². The normalized spacial score (nSPS) is 12.4. The van der Waals surface area contributed by atoms with Crippen LogP contribution in [0, 0.1) is 0 Å². The predicted octanol–water partition coefficient (Wildman–Crippen LogP) is 12.7. The van der Waals surface area contributed by atoms with Crippen LogP contribution >= 0.6 is 0 Å². The van der Waals surface area contributed by atoms with Crippen LogP contribution in [0.4, 0.5) is 11.4 Å². The first-order chi connectivity index (χ1) is 20.2. The van der Waals surface area contributed by atoms with E-state index in [4.69, 9.17) is 9.98 Å². The van der Waals surface area contributed by atoms with Crippen molar-refractivity contribution < 1.29 is 20.4 Å². The number of rotatable bonds is 22. The van der Waals surface area contributed by atoms with Crippen molar-refractivity contribution in [3.8, 4) is 0 Å². The van der Waals surface area contributed by atoms with Gasteiger partial charge in [0.05, 0.1) is 22.8 Å². The third-order valence-corrected chi connectivity index (χ3v) is 7.49. The number of benzene rings is 2. The molecule has 0 saturated heterocycles. The summed E-state index contributed by atoms with van der Waals surface area (Å²) in [7, 11) is 0. The van der Waals surface area contributed by atoms with Crippen LogP contribution in [0.2, 0.25) is 0 Å². The molecule has 0 atom stereocenters. The van der Waals surface area contributed by atoms with Crippen molar-refractivity contribution in [1.29, 1.82) is 0 Å². The Labute approximate surface area is 273 Å². The predicted molar refractivity (Wildman–Crippen MR) is 185 cm³/mol. The molecule has 234 valence electrons. The van der Waals surface area contributed by atoms with Gasteiger partial charge in [-0.3, -0.25) is 9.98 Å². The molecule has 0 N–H and O–H groups in total. The average Bonchev–Trinajstić information content (AvgIpc) is 2.99. The van der Waals surface area contributed by atoms with E-state index in [1.165, 1.54) is 61.1 Å². The smallest absolute Gasteiger partial charge is 0.0665 e. The molecule has 0 heterocycles. The molecular weight excluding hydrogens is 603 g/mol. The van der Waals surface area contributed by atoms with Crippen molar-refractivity contribution in [2.75, 3.05) is 0 Å². The molecule has 0 unspecified atom stereocenters. The standard InChI is InChI=1S/C39H58N2.Pd/c1-5-9-13-15-17-20-26-34-28-22-24-31-36(34)40-38(30-12-8-4)39(33-19-11-7-3)41-37-32-25-23-29-35(37)27-21-18-16-14-10-6-2;/h13-16,22-25,28-29,31-32H,5-12,17-21,26-27,30,33H2,1-4H3;/b15-13+,16-14+,40-38+,41-39+;. The zero-order valence-corrected chi connectivity index (χ0v) is 28.7. The van der Waals surface area contributed by atoms with Crippen molar-refractivity contribution in [1.82, 2.24) is 0 Å². The molecule has 0 aromatic heterocycles.